The zero-order valence-corrected chi connectivity index (χ0v) is 18.8. The van der Waals surface area contributed by atoms with Gasteiger partial charge in [-0.2, -0.15) is 0 Å². The number of hydrogen-bond donors (Lipinski definition) is 1. The molecule has 3 rings (SSSR count). The Labute approximate surface area is 183 Å². The maximum atomic E-state index is 14.1. The van der Waals surface area contributed by atoms with Crippen molar-refractivity contribution < 1.29 is 13.9 Å². The molecule has 0 fully saturated rings. The average molecular weight is 479 g/mol. The number of methoxy groups -OCH3 is 1. The fourth-order valence-electron chi connectivity index (χ4n) is 2.92. The van der Waals surface area contributed by atoms with Crippen LogP contribution in [0, 0.1) is 19.7 Å². The van der Waals surface area contributed by atoms with Crippen molar-refractivity contribution in [2.75, 3.05) is 12.4 Å². The van der Waals surface area contributed by atoms with Crippen molar-refractivity contribution in [2.45, 2.75) is 27.0 Å². The Balaban J connectivity index is 1.87. The minimum absolute atomic E-state index is 0.00500. The molecule has 6 heteroatoms. The molecule has 0 spiro atoms. The Bertz CT molecular complexity index is 1010. The summed E-state index contributed by atoms with van der Waals surface area (Å²) in [6.07, 6.45) is 0. The first-order valence-electron chi connectivity index (χ1n) is 9.13. The highest BCUT2D eigenvalue weighted by atomic mass is 79.9. The summed E-state index contributed by atoms with van der Waals surface area (Å²) >= 11 is 9.73. The van der Waals surface area contributed by atoms with E-state index in [-0.39, 0.29) is 6.61 Å². The first kappa shape index (κ1) is 21.5. The highest BCUT2D eigenvalue weighted by molar-refractivity contribution is 9.10. The minimum Gasteiger partial charge on any atom is -0.493 e. The molecular weight excluding hydrogens is 457 g/mol. The second-order valence-electron chi connectivity index (χ2n) is 6.70. The van der Waals surface area contributed by atoms with Crippen LogP contribution in [0.1, 0.15) is 22.3 Å². The monoisotopic (exact) mass is 477 g/mol. The van der Waals surface area contributed by atoms with Crippen LogP contribution in [0.3, 0.4) is 0 Å². The van der Waals surface area contributed by atoms with E-state index in [2.05, 4.69) is 47.2 Å². The smallest absolute Gasteiger partial charge is 0.167 e. The zero-order valence-electron chi connectivity index (χ0n) is 16.5. The molecule has 0 amide bonds. The van der Waals surface area contributed by atoms with Gasteiger partial charge < -0.3 is 14.8 Å². The van der Waals surface area contributed by atoms with E-state index in [1.54, 1.807) is 19.2 Å². The molecule has 0 saturated carbocycles. The van der Waals surface area contributed by atoms with E-state index in [4.69, 9.17) is 21.1 Å². The lowest BCUT2D eigenvalue weighted by atomic mass is 10.1. The number of anilines is 1. The molecule has 3 aromatic carbocycles. The third-order valence-corrected chi connectivity index (χ3v) is 5.88. The SMILES string of the molecule is COc1ccc(Br)c(CNc2ccc(C)c(C)c2)c1OCc1c(F)cccc1Cl. The van der Waals surface area contributed by atoms with Crippen molar-refractivity contribution >= 4 is 33.2 Å². The van der Waals surface area contributed by atoms with Crippen LogP contribution in [-0.2, 0) is 13.2 Å². The van der Waals surface area contributed by atoms with Crippen LogP contribution in [0.25, 0.3) is 0 Å². The number of nitrogens with one attached hydrogen (secondary N) is 1. The summed E-state index contributed by atoms with van der Waals surface area (Å²) in [5.41, 5.74) is 4.64. The van der Waals surface area contributed by atoms with Gasteiger partial charge in [-0.1, -0.05) is 39.7 Å². The van der Waals surface area contributed by atoms with E-state index >= 15 is 0 Å². The summed E-state index contributed by atoms with van der Waals surface area (Å²) in [6.45, 7) is 4.65. The Kier molecular flexibility index (Phi) is 7.04. The molecule has 0 unspecified atom stereocenters. The van der Waals surface area contributed by atoms with Gasteiger partial charge in [-0.25, -0.2) is 4.39 Å². The number of benzene rings is 3. The third-order valence-electron chi connectivity index (χ3n) is 4.79. The van der Waals surface area contributed by atoms with Gasteiger partial charge in [0.2, 0.25) is 0 Å². The lowest BCUT2D eigenvalue weighted by molar-refractivity contribution is 0.277. The summed E-state index contributed by atoms with van der Waals surface area (Å²) in [5, 5.41) is 3.74. The fraction of sp³-hybridized carbons (Fsp3) is 0.217. The van der Waals surface area contributed by atoms with Gasteiger partial charge in [0, 0.05) is 27.8 Å². The Hall–Kier alpha value is -2.24. The fourth-order valence-corrected chi connectivity index (χ4v) is 3.59. The van der Waals surface area contributed by atoms with E-state index in [1.807, 2.05) is 18.2 Å². The van der Waals surface area contributed by atoms with E-state index in [0.29, 0.717) is 28.6 Å². The second-order valence-corrected chi connectivity index (χ2v) is 7.96. The first-order valence-corrected chi connectivity index (χ1v) is 10.3. The molecule has 1 N–H and O–H groups in total. The normalized spacial score (nSPS) is 10.7. The largest absolute Gasteiger partial charge is 0.493 e. The quantitative estimate of drug-likeness (QED) is 0.394. The number of halogens is 3. The van der Waals surface area contributed by atoms with Crippen LogP contribution in [-0.4, -0.2) is 7.11 Å². The molecule has 152 valence electrons. The van der Waals surface area contributed by atoms with Crippen LogP contribution >= 0.6 is 27.5 Å². The molecule has 29 heavy (non-hydrogen) atoms. The summed E-state index contributed by atoms with van der Waals surface area (Å²) in [5.74, 6) is 0.705. The highest BCUT2D eigenvalue weighted by Gasteiger charge is 2.17. The number of hydrogen-bond acceptors (Lipinski definition) is 3. The van der Waals surface area contributed by atoms with Crippen LogP contribution in [0.2, 0.25) is 5.02 Å². The maximum absolute atomic E-state index is 14.1. The van der Waals surface area contributed by atoms with Crippen molar-refractivity contribution in [3.05, 3.63) is 86.1 Å². The van der Waals surface area contributed by atoms with Gasteiger partial charge in [0.05, 0.1) is 12.1 Å². The van der Waals surface area contributed by atoms with Crippen molar-refractivity contribution in [3.8, 4) is 11.5 Å². The summed E-state index contributed by atoms with van der Waals surface area (Å²) in [4.78, 5) is 0. The van der Waals surface area contributed by atoms with Gasteiger partial charge in [0.1, 0.15) is 12.4 Å². The summed E-state index contributed by atoms with van der Waals surface area (Å²) < 4.78 is 26.5. The Morgan fingerprint density at radius 3 is 2.52 bits per heavy atom. The highest BCUT2D eigenvalue weighted by Crippen LogP contribution is 2.38. The van der Waals surface area contributed by atoms with Crippen LogP contribution in [0.4, 0.5) is 10.1 Å². The maximum Gasteiger partial charge on any atom is 0.167 e. The standard InChI is InChI=1S/C23H22BrClFNO2/c1-14-7-8-16(11-15(14)2)27-12-17-19(24)9-10-22(28-3)23(17)29-13-18-20(25)5-4-6-21(18)26/h4-11,27H,12-13H2,1-3H3. The molecule has 0 atom stereocenters. The summed E-state index contributed by atoms with van der Waals surface area (Å²) in [6, 6.07) is 14.5. The van der Waals surface area contributed by atoms with Crippen molar-refractivity contribution in [1.29, 1.82) is 0 Å². The molecule has 0 aliphatic carbocycles. The van der Waals surface area contributed by atoms with Crippen LogP contribution < -0.4 is 14.8 Å². The number of rotatable bonds is 7. The van der Waals surface area contributed by atoms with Crippen molar-refractivity contribution in [3.63, 3.8) is 0 Å². The molecule has 3 nitrogen and oxygen atoms in total. The molecule has 0 aromatic heterocycles. The number of ether oxygens (including phenoxy) is 2. The second kappa shape index (κ2) is 9.51. The molecule has 3 aromatic rings. The van der Waals surface area contributed by atoms with Gasteiger partial charge in [0.25, 0.3) is 0 Å². The lowest BCUT2D eigenvalue weighted by Crippen LogP contribution is -2.07. The van der Waals surface area contributed by atoms with E-state index in [1.165, 1.54) is 17.2 Å². The van der Waals surface area contributed by atoms with Crippen molar-refractivity contribution in [1.82, 2.24) is 0 Å². The predicted octanol–water partition coefficient (Wildman–Crippen LogP) is 7.06. The molecule has 0 aliphatic rings. The molecule has 0 radical (unpaired) electrons. The topological polar surface area (TPSA) is 30.5 Å². The molecule has 0 bridgehead atoms. The van der Waals surface area contributed by atoms with Gasteiger partial charge in [-0.05, 0) is 61.4 Å². The van der Waals surface area contributed by atoms with E-state index in [9.17, 15) is 4.39 Å². The molecule has 0 aliphatic heterocycles. The molecule has 0 heterocycles. The van der Waals surface area contributed by atoms with Crippen molar-refractivity contribution in [2.24, 2.45) is 0 Å². The van der Waals surface area contributed by atoms with E-state index in [0.717, 1.165) is 15.7 Å². The Morgan fingerprint density at radius 1 is 1.03 bits per heavy atom. The van der Waals surface area contributed by atoms with Gasteiger partial charge in [-0.3, -0.25) is 0 Å². The Morgan fingerprint density at radius 2 is 1.83 bits per heavy atom. The lowest BCUT2D eigenvalue weighted by Gasteiger charge is -2.18. The van der Waals surface area contributed by atoms with Gasteiger partial charge >= 0.3 is 0 Å². The zero-order chi connectivity index (χ0) is 21.0. The molecule has 0 saturated heterocycles. The summed E-state index contributed by atoms with van der Waals surface area (Å²) in [7, 11) is 1.58. The average Bonchev–Trinajstić information content (AvgIpc) is 2.69. The van der Waals surface area contributed by atoms with Crippen LogP contribution in [0.15, 0.2) is 53.0 Å². The van der Waals surface area contributed by atoms with Gasteiger partial charge in [-0.15, -0.1) is 0 Å². The minimum atomic E-state index is -0.402. The van der Waals surface area contributed by atoms with Crippen LogP contribution in [0.5, 0.6) is 11.5 Å². The third kappa shape index (κ3) is 5.03. The van der Waals surface area contributed by atoms with E-state index < -0.39 is 5.82 Å². The number of aryl methyl sites for hydroxylation is 2. The first-order chi connectivity index (χ1) is 13.9. The predicted molar refractivity (Wildman–Crippen MR) is 120 cm³/mol. The molecular formula is C23H22BrClFNO2. The van der Waals surface area contributed by atoms with Gasteiger partial charge in [0.15, 0.2) is 11.5 Å².